The second-order valence-corrected chi connectivity index (χ2v) is 5.20. The summed E-state index contributed by atoms with van der Waals surface area (Å²) >= 11 is 0. The van der Waals surface area contributed by atoms with Gasteiger partial charge in [-0.1, -0.05) is 0 Å². The first kappa shape index (κ1) is 11.8. The summed E-state index contributed by atoms with van der Waals surface area (Å²) in [6, 6.07) is 0. The Labute approximate surface area is 83.8 Å². The van der Waals surface area contributed by atoms with Gasteiger partial charge in [0.25, 0.3) is 0 Å². The molecular formula is C7H17N2O4P. The second-order valence-electron chi connectivity index (χ2n) is 3.19. The number of rotatable bonds is 4. The summed E-state index contributed by atoms with van der Waals surface area (Å²) in [4.78, 5) is 20.5. The molecule has 14 heavy (non-hydrogen) atoms. The average Bonchev–Trinajstić information content (AvgIpc) is 2.55. The van der Waals surface area contributed by atoms with E-state index in [1.54, 1.807) is 5.06 Å². The SMILES string of the molecule is CO[PH](O)(NC(C)=O)ON1CCCC1. The minimum absolute atomic E-state index is 0.361. The number of carbonyl (C=O) groups is 1. The van der Waals surface area contributed by atoms with Gasteiger partial charge in [-0.15, -0.1) is 0 Å². The molecule has 1 heterocycles. The summed E-state index contributed by atoms with van der Waals surface area (Å²) in [7, 11) is -2.21. The van der Waals surface area contributed by atoms with Crippen molar-refractivity contribution in [1.82, 2.24) is 10.2 Å². The molecule has 1 rings (SSSR count). The fraction of sp³-hybridized carbons (Fsp3) is 0.857. The van der Waals surface area contributed by atoms with Crippen LogP contribution in [0.3, 0.4) is 0 Å². The third-order valence-corrected chi connectivity index (χ3v) is 3.66. The molecule has 0 radical (unpaired) electrons. The van der Waals surface area contributed by atoms with Crippen molar-refractivity contribution < 1.29 is 18.8 Å². The van der Waals surface area contributed by atoms with Gasteiger partial charge in [-0.25, -0.2) is 0 Å². The molecule has 0 unspecified atom stereocenters. The van der Waals surface area contributed by atoms with Gasteiger partial charge in [0.1, 0.15) is 0 Å². The van der Waals surface area contributed by atoms with E-state index in [-0.39, 0.29) is 5.91 Å². The van der Waals surface area contributed by atoms with Crippen LogP contribution in [-0.2, 0) is 13.9 Å². The van der Waals surface area contributed by atoms with Crippen molar-refractivity contribution in [3.05, 3.63) is 0 Å². The van der Waals surface area contributed by atoms with E-state index in [0.717, 1.165) is 25.9 Å². The van der Waals surface area contributed by atoms with Crippen LogP contribution in [0, 0.1) is 0 Å². The summed E-state index contributed by atoms with van der Waals surface area (Å²) in [5.41, 5.74) is 0. The van der Waals surface area contributed by atoms with Crippen molar-refractivity contribution in [3.8, 4) is 0 Å². The van der Waals surface area contributed by atoms with Gasteiger partial charge < -0.3 is 0 Å². The van der Waals surface area contributed by atoms with E-state index >= 15 is 0 Å². The molecule has 0 aromatic carbocycles. The zero-order valence-electron chi connectivity index (χ0n) is 8.45. The predicted octanol–water partition coefficient (Wildman–Crippen LogP) is 0.198. The van der Waals surface area contributed by atoms with Crippen LogP contribution in [0.25, 0.3) is 0 Å². The number of hydrogen-bond donors (Lipinski definition) is 2. The number of nitrogens with zero attached hydrogens (tertiary/aromatic N) is 1. The van der Waals surface area contributed by atoms with Crippen molar-refractivity contribution in [2.75, 3.05) is 20.2 Å². The first-order valence-electron chi connectivity index (χ1n) is 4.56. The molecule has 0 aromatic rings. The molecule has 0 bridgehead atoms. The summed E-state index contributed by atoms with van der Waals surface area (Å²) in [5.74, 6) is -0.361. The quantitative estimate of drug-likeness (QED) is 0.667. The number of hydrogen-bond acceptors (Lipinski definition) is 5. The zero-order chi connectivity index (χ0) is 10.6. The van der Waals surface area contributed by atoms with Gasteiger partial charge in [0.15, 0.2) is 0 Å². The van der Waals surface area contributed by atoms with Crippen LogP contribution in [0.2, 0.25) is 0 Å². The molecule has 1 amide bonds. The van der Waals surface area contributed by atoms with Gasteiger partial charge in [0, 0.05) is 0 Å². The van der Waals surface area contributed by atoms with Crippen molar-refractivity contribution in [2.24, 2.45) is 0 Å². The van der Waals surface area contributed by atoms with Crippen LogP contribution >= 0.6 is 8.09 Å². The third-order valence-electron chi connectivity index (χ3n) is 1.93. The van der Waals surface area contributed by atoms with E-state index < -0.39 is 8.09 Å². The number of hydroxylamine groups is 2. The second kappa shape index (κ2) is 5.00. The van der Waals surface area contributed by atoms with Crippen LogP contribution in [-0.4, -0.2) is 36.1 Å². The topological polar surface area (TPSA) is 71.0 Å². The summed E-state index contributed by atoms with van der Waals surface area (Å²) in [6.45, 7) is 2.83. The van der Waals surface area contributed by atoms with Gasteiger partial charge in [0.05, 0.1) is 0 Å². The monoisotopic (exact) mass is 224 g/mol. The van der Waals surface area contributed by atoms with Crippen LogP contribution in [0.15, 0.2) is 0 Å². The molecule has 7 heteroatoms. The molecular weight excluding hydrogens is 207 g/mol. The standard InChI is InChI=1S/C7H17N2O4P/c1-7(10)8-14(11,12-2)13-9-5-3-4-6-9/h11,14H,3-6H2,1-2H3,(H,8,10). The van der Waals surface area contributed by atoms with Crippen molar-refractivity contribution in [1.29, 1.82) is 0 Å². The summed E-state index contributed by atoms with van der Waals surface area (Å²) in [6.07, 6.45) is 2.07. The van der Waals surface area contributed by atoms with E-state index in [4.69, 9.17) is 9.15 Å². The molecule has 1 fully saturated rings. The Bertz CT molecular complexity index is 210. The minimum atomic E-state index is -3.53. The fourth-order valence-electron chi connectivity index (χ4n) is 1.29. The van der Waals surface area contributed by atoms with E-state index in [2.05, 4.69) is 5.09 Å². The van der Waals surface area contributed by atoms with E-state index in [1.165, 1.54) is 14.0 Å². The van der Waals surface area contributed by atoms with Gasteiger partial charge in [0.2, 0.25) is 0 Å². The Balaban J connectivity index is 2.46. The molecule has 2 N–H and O–H groups in total. The van der Waals surface area contributed by atoms with Crippen molar-refractivity contribution in [2.45, 2.75) is 19.8 Å². The zero-order valence-corrected chi connectivity index (χ0v) is 9.45. The number of nitrogens with one attached hydrogen (secondary N) is 1. The fourth-order valence-corrected chi connectivity index (χ4v) is 2.49. The summed E-state index contributed by atoms with van der Waals surface area (Å²) in [5, 5.41) is 3.93. The molecule has 1 aliphatic rings. The van der Waals surface area contributed by atoms with Crippen LogP contribution in [0.1, 0.15) is 19.8 Å². The van der Waals surface area contributed by atoms with Gasteiger partial charge in [-0.3, -0.25) is 0 Å². The molecule has 0 aromatic heterocycles. The number of carbonyl (C=O) groups excluding carboxylic acids is 1. The van der Waals surface area contributed by atoms with E-state index in [1.807, 2.05) is 0 Å². The molecule has 0 atom stereocenters. The van der Waals surface area contributed by atoms with E-state index in [9.17, 15) is 9.69 Å². The van der Waals surface area contributed by atoms with E-state index in [0.29, 0.717) is 0 Å². The van der Waals surface area contributed by atoms with Gasteiger partial charge in [-0.05, 0) is 0 Å². The molecule has 0 aliphatic carbocycles. The molecule has 84 valence electrons. The molecule has 1 aliphatic heterocycles. The summed E-state index contributed by atoms with van der Waals surface area (Å²) < 4.78 is 10.0. The van der Waals surface area contributed by atoms with Crippen LogP contribution in [0.5, 0.6) is 0 Å². The maximum absolute atomic E-state index is 10.8. The molecule has 6 nitrogen and oxygen atoms in total. The maximum atomic E-state index is 10.8. The number of amides is 1. The average molecular weight is 224 g/mol. The van der Waals surface area contributed by atoms with Crippen LogP contribution in [0.4, 0.5) is 0 Å². The van der Waals surface area contributed by atoms with Gasteiger partial charge in [-0.2, -0.15) is 0 Å². The Morgan fingerprint density at radius 1 is 1.50 bits per heavy atom. The first-order valence-corrected chi connectivity index (χ1v) is 6.32. The Hall–Kier alpha value is -0.260. The first-order chi connectivity index (χ1) is 6.56. The Morgan fingerprint density at radius 3 is 2.50 bits per heavy atom. The Kier molecular flexibility index (Phi) is 4.22. The molecule has 0 saturated carbocycles. The van der Waals surface area contributed by atoms with Crippen LogP contribution < -0.4 is 5.09 Å². The van der Waals surface area contributed by atoms with Gasteiger partial charge >= 0.3 is 83.0 Å². The Morgan fingerprint density at radius 2 is 2.07 bits per heavy atom. The third kappa shape index (κ3) is 3.48. The normalized spacial score (nSPS) is 19.6. The molecule has 1 saturated heterocycles. The van der Waals surface area contributed by atoms with Crippen molar-refractivity contribution >= 4 is 14.0 Å². The molecule has 0 spiro atoms. The predicted molar refractivity (Wildman–Crippen MR) is 53.3 cm³/mol. The van der Waals surface area contributed by atoms with Crippen molar-refractivity contribution in [3.63, 3.8) is 0 Å².